The molecule has 0 radical (unpaired) electrons. The predicted octanol–water partition coefficient (Wildman–Crippen LogP) is 2.33. The van der Waals surface area contributed by atoms with Gasteiger partial charge in [-0.1, -0.05) is 0 Å². The van der Waals surface area contributed by atoms with Gasteiger partial charge in [-0.05, 0) is 0 Å². The molecule has 3 rings (SSSR count). The molecule has 1 nitrogen and oxygen atoms in total. The first-order valence-corrected chi connectivity index (χ1v) is 12.9. The van der Waals surface area contributed by atoms with Crippen LogP contribution in [0.2, 0.25) is 0 Å². The van der Waals surface area contributed by atoms with Gasteiger partial charge in [-0.3, -0.25) is 0 Å². The van der Waals surface area contributed by atoms with Crippen molar-refractivity contribution in [3.05, 3.63) is 90.5 Å². The molecule has 0 aliphatic carbocycles. The average molecular weight is 496 g/mol. The van der Waals surface area contributed by atoms with Crippen molar-refractivity contribution in [3.8, 4) is 0 Å². The molecule has 0 aliphatic heterocycles. The summed E-state index contributed by atoms with van der Waals surface area (Å²) >= 11 is -2.23. The second-order valence-corrected chi connectivity index (χ2v) is 14.2. The fourth-order valence-corrected chi connectivity index (χ4v) is 11.5. The van der Waals surface area contributed by atoms with E-state index in [9.17, 15) is 4.79 Å². The molecule has 3 aromatic rings. The summed E-state index contributed by atoms with van der Waals surface area (Å²) in [6.07, 6.45) is 0.524. The Hall–Kier alpha value is -1.79. The van der Waals surface area contributed by atoms with E-state index in [1.165, 1.54) is 9.81 Å². The molecule has 0 aromatic heterocycles. The number of ketones is 1. The van der Waals surface area contributed by atoms with Crippen LogP contribution in [0.15, 0.2) is 84.9 Å². The molecule has 0 saturated heterocycles. The van der Waals surface area contributed by atoms with E-state index in [4.69, 9.17) is 0 Å². The first-order valence-electron chi connectivity index (χ1n) is 7.72. The number of carbonyl (C=O) groups is 1. The van der Waals surface area contributed by atoms with Crippen LogP contribution in [0, 0.1) is 0 Å². The summed E-state index contributed by atoms with van der Waals surface area (Å²) in [5.74, 6) is 0.211. The number of benzene rings is 3. The van der Waals surface area contributed by atoms with Gasteiger partial charge in [0.1, 0.15) is 0 Å². The molecular weight excluding hydrogens is 477 g/mol. The summed E-state index contributed by atoms with van der Waals surface area (Å²) in [6.45, 7) is 1.64. The van der Waals surface area contributed by atoms with Crippen LogP contribution in [-0.4, -0.2) is 27.5 Å². The average Bonchev–Trinajstić information content (AvgIpc) is 2.58. The SMILES string of the molecule is CC(=O)Cc1cc[c]([Bi]([c]2ccccc2)[c]2ccccc2)cc1. The standard InChI is InChI=1S/C9H9O.2C6H5.Bi/c1-8(10)7-9-5-3-2-4-6-9;2*1-2-4-6-5-3-1;/h3-6H,7H2,1H3;2*1-5H;. The molecule has 0 aliphatic rings. The van der Waals surface area contributed by atoms with Gasteiger partial charge < -0.3 is 0 Å². The van der Waals surface area contributed by atoms with E-state index in [0.717, 1.165) is 5.56 Å². The van der Waals surface area contributed by atoms with E-state index in [1.54, 1.807) is 6.92 Å². The Bertz CT molecular complexity index is 724. The quantitative estimate of drug-likeness (QED) is 0.496. The zero-order chi connectivity index (χ0) is 16.1. The van der Waals surface area contributed by atoms with Gasteiger partial charge in [0.15, 0.2) is 0 Å². The van der Waals surface area contributed by atoms with E-state index in [1.807, 2.05) is 0 Å². The summed E-state index contributed by atoms with van der Waals surface area (Å²) in [4.78, 5) is 11.3. The predicted molar refractivity (Wildman–Crippen MR) is 98.4 cm³/mol. The van der Waals surface area contributed by atoms with Gasteiger partial charge in [0.05, 0.1) is 0 Å². The third kappa shape index (κ3) is 4.15. The van der Waals surface area contributed by atoms with Gasteiger partial charge in [-0.2, -0.15) is 0 Å². The van der Waals surface area contributed by atoms with Crippen molar-refractivity contribution < 1.29 is 4.79 Å². The first kappa shape index (κ1) is 16.1. The van der Waals surface area contributed by atoms with Gasteiger partial charge >= 0.3 is 146 Å². The molecule has 0 unspecified atom stereocenters. The van der Waals surface area contributed by atoms with E-state index in [-0.39, 0.29) is 5.78 Å². The molecule has 114 valence electrons. The molecule has 23 heavy (non-hydrogen) atoms. The van der Waals surface area contributed by atoms with Crippen molar-refractivity contribution in [3.63, 3.8) is 0 Å². The minimum absolute atomic E-state index is 0.211. The maximum absolute atomic E-state index is 11.3. The van der Waals surface area contributed by atoms with Crippen molar-refractivity contribution in [1.82, 2.24) is 0 Å². The maximum atomic E-state index is 11.3. The topological polar surface area (TPSA) is 17.1 Å². The van der Waals surface area contributed by atoms with Crippen LogP contribution in [0.4, 0.5) is 0 Å². The zero-order valence-corrected chi connectivity index (χ0v) is 16.6. The summed E-state index contributed by atoms with van der Waals surface area (Å²) < 4.78 is 4.41. The molecule has 0 N–H and O–H groups in total. The second kappa shape index (κ2) is 7.66. The van der Waals surface area contributed by atoms with Gasteiger partial charge in [0.2, 0.25) is 0 Å². The molecular formula is C21H19BiO. The van der Waals surface area contributed by atoms with Crippen LogP contribution in [0.1, 0.15) is 12.5 Å². The normalized spacial score (nSPS) is 10.7. The zero-order valence-electron chi connectivity index (χ0n) is 13.1. The molecule has 0 saturated carbocycles. The summed E-state index contributed by atoms with van der Waals surface area (Å²) in [7, 11) is 0. The fraction of sp³-hybridized carbons (Fsp3) is 0.0952. The van der Waals surface area contributed by atoms with Crippen LogP contribution in [-0.2, 0) is 11.2 Å². The van der Waals surface area contributed by atoms with Crippen LogP contribution >= 0.6 is 0 Å². The number of hydrogen-bond donors (Lipinski definition) is 0. The van der Waals surface area contributed by atoms with Gasteiger partial charge in [0.25, 0.3) is 0 Å². The Labute approximate surface area is 145 Å². The van der Waals surface area contributed by atoms with E-state index in [0.29, 0.717) is 6.42 Å². The monoisotopic (exact) mass is 496 g/mol. The Morgan fingerprint density at radius 2 is 1.13 bits per heavy atom. The van der Waals surface area contributed by atoms with Crippen molar-refractivity contribution >= 4 is 37.3 Å². The van der Waals surface area contributed by atoms with Gasteiger partial charge in [-0.25, -0.2) is 0 Å². The van der Waals surface area contributed by atoms with E-state index < -0.39 is 21.8 Å². The van der Waals surface area contributed by atoms with Crippen molar-refractivity contribution in [2.75, 3.05) is 0 Å². The van der Waals surface area contributed by atoms with Crippen LogP contribution in [0.5, 0.6) is 0 Å². The van der Waals surface area contributed by atoms with Crippen molar-refractivity contribution in [1.29, 1.82) is 0 Å². The van der Waals surface area contributed by atoms with Crippen molar-refractivity contribution in [2.24, 2.45) is 0 Å². The Morgan fingerprint density at radius 1 is 0.696 bits per heavy atom. The summed E-state index contributed by atoms with van der Waals surface area (Å²) in [5, 5.41) is 0. The number of carbonyl (C=O) groups excluding carboxylic acids is 1. The molecule has 3 aromatic carbocycles. The van der Waals surface area contributed by atoms with Crippen molar-refractivity contribution in [2.45, 2.75) is 13.3 Å². The number of rotatable bonds is 5. The third-order valence-corrected chi connectivity index (χ3v) is 13.2. The molecule has 0 bridgehead atoms. The van der Waals surface area contributed by atoms with E-state index in [2.05, 4.69) is 84.9 Å². The Morgan fingerprint density at radius 3 is 1.57 bits per heavy atom. The summed E-state index contributed by atoms with van der Waals surface area (Å²) in [6, 6.07) is 30.4. The number of Topliss-reactive ketones (excluding diaryl/α,β-unsaturated/α-hetero) is 1. The first-order chi connectivity index (χ1) is 11.2. The molecule has 0 heterocycles. The molecule has 0 spiro atoms. The van der Waals surface area contributed by atoms with Gasteiger partial charge in [0, 0.05) is 0 Å². The molecule has 0 atom stereocenters. The third-order valence-electron chi connectivity index (χ3n) is 3.68. The van der Waals surface area contributed by atoms with Crippen LogP contribution in [0.3, 0.4) is 0 Å². The minimum atomic E-state index is -2.23. The van der Waals surface area contributed by atoms with E-state index >= 15 is 0 Å². The van der Waals surface area contributed by atoms with Crippen LogP contribution < -0.4 is 9.81 Å². The molecule has 0 amide bonds. The Kier molecular flexibility index (Phi) is 5.36. The second-order valence-electron chi connectivity index (χ2n) is 5.55. The molecule has 2 heteroatoms. The Balaban J connectivity index is 2.00. The summed E-state index contributed by atoms with van der Waals surface area (Å²) in [5.41, 5.74) is 1.10. The fourth-order valence-electron chi connectivity index (χ4n) is 2.65. The van der Waals surface area contributed by atoms with Crippen LogP contribution in [0.25, 0.3) is 0 Å². The van der Waals surface area contributed by atoms with Gasteiger partial charge in [-0.15, -0.1) is 0 Å². The molecule has 0 fully saturated rings. The number of hydrogen-bond acceptors (Lipinski definition) is 1.